The highest BCUT2D eigenvalue weighted by molar-refractivity contribution is 9.09. The molecule has 0 bridgehead atoms. The summed E-state index contributed by atoms with van der Waals surface area (Å²) in [5.41, 5.74) is 2.31. The van der Waals surface area contributed by atoms with Gasteiger partial charge in [-0.2, -0.15) is 0 Å². The zero-order valence-electron chi connectivity index (χ0n) is 5.97. The van der Waals surface area contributed by atoms with Crippen molar-refractivity contribution < 1.29 is 0 Å². The summed E-state index contributed by atoms with van der Waals surface area (Å²) in [5.74, 6) is 0. The molecule has 1 aromatic heterocycles. The van der Waals surface area contributed by atoms with Crippen LogP contribution in [0.2, 0.25) is 0 Å². The van der Waals surface area contributed by atoms with E-state index in [0.29, 0.717) is 0 Å². The van der Waals surface area contributed by atoms with Crippen molar-refractivity contribution in [3.8, 4) is 0 Å². The number of allylic oxidation sites excluding steroid dienone is 1. The highest BCUT2D eigenvalue weighted by Gasteiger charge is 1.98. The predicted molar refractivity (Wildman–Crippen MR) is 48.2 cm³/mol. The van der Waals surface area contributed by atoms with E-state index < -0.39 is 0 Å². The third-order valence-corrected chi connectivity index (χ3v) is 2.14. The predicted octanol–water partition coefficient (Wildman–Crippen LogP) is 2.43. The maximum Gasteiger partial charge on any atom is 0.0439 e. The smallest absolute Gasteiger partial charge is 0.0439 e. The van der Waals surface area contributed by atoms with Gasteiger partial charge in [0.05, 0.1) is 0 Å². The second-order valence-electron chi connectivity index (χ2n) is 2.24. The van der Waals surface area contributed by atoms with Gasteiger partial charge in [-0.05, 0) is 17.7 Å². The molecule has 1 rings (SSSR count). The van der Waals surface area contributed by atoms with Gasteiger partial charge in [0.15, 0.2) is 0 Å². The van der Waals surface area contributed by atoms with Crippen LogP contribution in [0.4, 0.5) is 0 Å². The Balaban J connectivity index is 2.93. The molecule has 0 radical (unpaired) electrons. The number of nitrogens with zero attached hydrogens (tertiary/aromatic N) is 1. The van der Waals surface area contributed by atoms with Crippen molar-refractivity contribution >= 4 is 21.5 Å². The molecular formula is C8H10BrN. The van der Waals surface area contributed by atoms with Crippen molar-refractivity contribution in [3.05, 3.63) is 30.6 Å². The van der Waals surface area contributed by atoms with Crippen molar-refractivity contribution in [2.75, 3.05) is 5.33 Å². The van der Waals surface area contributed by atoms with Crippen LogP contribution in [0.1, 0.15) is 5.69 Å². The molecule has 0 aromatic carbocycles. The zero-order valence-corrected chi connectivity index (χ0v) is 7.56. The molecule has 1 heterocycles. The fraction of sp³-hybridized carbons (Fsp3) is 0.250. The molecule has 0 fully saturated rings. The molecule has 0 saturated carbocycles. The van der Waals surface area contributed by atoms with Gasteiger partial charge in [0, 0.05) is 24.3 Å². The van der Waals surface area contributed by atoms with Crippen LogP contribution < -0.4 is 0 Å². The third-order valence-electron chi connectivity index (χ3n) is 1.47. The lowest BCUT2D eigenvalue weighted by Gasteiger charge is -2.01. The molecule has 0 unspecified atom stereocenters. The van der Waals surface area contributed by atoms with E-state index in [0.717, 1.165) is 10.9 Å². The molecule has 0 spiro atoms. The van der Waals surface area contributed by atoms with E-state index in [9.17, 15) is 0 Å². The van der Waals surface area contributed by atoms with Crippen LogP contribution in [0.25, 0.3) is 5.57 Å². The summed E-state index contributed by atoms with van der Waals surface area (Å²) >= 11 is 3.36. The fourth-order valence-corrected chi connectivity index (χ4v) is 1.18. The van der Waals surface area contributed by atoms with Gasteiger partial charge in [-0.1, -0.05) is 22.5 Å². The molecule has 10 heavy (non-hydrogen) atoms. The summed E-state index contributed by atoms with van der Waals surface area (Å²) in [7, 11) is 2.02. The van der Waals surface area contributed by atoms with E-state index in [-0.39, 0.29) is 0 Å². The Hall–Kier alpha value is -0.500. The second kappa shape index (κ2) is 3.06. The van der Waals surface area contributed by atoms with Gasteiger partial charge in [-0.3, -0.25) is 0 Å². The molecule has 0 aliphatic rings. The van der Waals surface area contributed by atoms with Gasteiger partial charge in [-0.15, -0.1) is 0 Å². The van der Waals surface area contributed by atoms with Crippen molar-refractivity contribution in [1.29, 1.82) is 0 Å². The largest absolute Gasteiger partial charge is 0.351 e. The van der Waals surface area contributed by atoms with Gasteiger partial charge < -0.3 is 4.57 Å². The number of aromatic nitrogens is 1. The Labute approximate surface area is 69.5 Å². The first kappa shape index (κ1) is 7.61. The highest BCUT2D eigenvalue weighted by Crippen LogP contribution is 2.13. The lowest BCUT2D eigenvalue weighted by molar-refractivity contribution is 0.909. The lowest BCUT2D eigenvalue weighted by atomic mass is 10.2. The van der Waals surface area contributed by atoms with Crippen LogP contribution in [-0.2, 0) is 7.05 Å². The van der Waals surface area contributed by atoms with Gasteiger partial charge in [0.1, 0.15) is 0 Å². The molecule has 2 heteroatoms. The van der Waals surface area contributed by atoms with Crippen molar-refractivity contribution in [2.45, 2.75) is 0 Å². The summed E-state index contributed by atoms with van der Waals surface area (Å²) in [6.07, 6.45) is 2.02. The first-order chi connectivity index (χ1) is 4.75. The van der Waals surface area contributed by atoms with Crippen molar-refractivity contribution in [3.63, 3.8) is 0 Å². The Morgan fingerprint density at radius 1 is 1.80 bits per heavy atom. The monoisotopic (exact) mass is 199 g/mol. The minimum absolute atomic E-state index is 0.838. The molecule has 1 nitrogen and oxygen atoms in total. The molecule has 54 valence electrons. The molecule has 1 aromatic rings. The second-order valence-corrected chi connectivity index (χ2v) is 2.80. The van der Waals surface area contributed by atoms with E-state index in [1.165, 1.54) is 5.69 Å². The molecule has 0 aliphatic carbocycles. The Bertz CT molecular complexity index is 237. The fourth-order valence-electron chi connectivity index (χ4n) is 0.897. The van der Waals surface area contributed by atoms with Crippen molar-refractivity contribution in [2.24, 2.45) is 7.05 Å². The molecule has 0 atom stereocenters. The molecular weight excluding hydrogens is 190 g/mol. The van der Waals surface area contributed by atoms with Crippen LogP contribution in [0.5, 0.6) is 0 Å². The van der Waals surface area contributed by atoms with Crippen LogP contribution in [0.3, 0.4) is 0 Å². The number of rotatable bonds is 2. The SMILES string of the molecule is C=C(CBr)c1cccn1C. The summed E-state index contributed by atoms with van der Waals surface area (Å²) in [6.45, 7) is 3.91. The van der Waals surface area contributed by atoms with E-state index >= 15 is 0 Å². The number of halogens is 1. The van der Waals surface area contributed by atoms with Crippen LogP contribution >= 0.6 is 15.9 Å². The van der Waals surface area contributed by atoms with E-state index in [1.807, 2.05) is 19.3 Å². The first-order valence-corrected chi connectivity index (χ1v) is 4.23. The average molecular weight is 200 g/mol. The normalized spacial score (nSPS) is 9.80. The summed E-state index contributed by atoms with van der Waals surface area (Å²) < 4.78 is 2.06. The van der Waals surface area contributed by atoms with Crippen LogP contribution in [0.15, 0.2) is 24.9 Å². The van der Waals surface area contributed by atoms with Crippen LogP contribution in [-0.4, -0.2) is 9.90 Å². The summed E-state index contributed by atoms with van der Waals surface area (Å²) in [4.78, 5) is 0. The Morgan fingerprint density at radius 2 is 2.50 bits per heavy atom. The van der Waals surface area contributed by atoms with Gasteiger partial charge in [0.25, 0.3) is 0 Å². The lowest BCUT2D eigenvalue weighted by Crippen LogP contribution is -1.93. The Morgan fingerprint density at radius 3 is 2.90 bits per heavy atom. The van der Waals surface area contributed by atoms with Crippen molar-refractivity contribution in [1.82, 2.24) is 4.57 Å². The van der Waals surface area contributed by atoms with Gasteiger partial charge in [-0.25, -0.2) is 0 Å². The average Bonchev–Trinajstić information content (AvgIpc) is 2.34. The molecule has 0 aliphatic heterocycles. The number of hydrogen-bond donors (Lipinski definition) is 0. The van der Waals surface area contributed by atoms with E-state index in [1.54, 1.807) is 0 Å². The molecule has 0 N–H and O–H groups in total. The van der Waals surface area contributed by atoms with E-state index in [2.05, 4.69) is 33.1 Å². The zero-order chi connectivity index (χ0) is 7.56. The van der Waals surface area contributed by atoms with E-state index in [4.69, 9.17) is 0 Å². The van der Waals surface area contributed by atoms with Gasteiger partial charge in [0.2, 0.25) is 0 Å². The molecule has 0 saturated heterocycles. The first-order valence-electron chi connectivity index (χ1n) is 3.11. The van der Waals surface area contributed by atoms with Crippen LogP contribution in [0, 0.1) is 0 Å². The summed E-state index contributed by atoms with van der Waals surface area (Å²) in [5, 5.41) is 0.838. The highest BCUT2D eigenvalue weighted by atomic mass is 79.9. The number of aryl methyl sites for hydroxylation is 1. The number of alkyl halides is 1. The topological polar surface area (TPSA) is 4.93 Å². The third kappa shape index (κ3) is 1.32. The minimum Gasteiger partial charge on any atom is -0.351 e. The standard InChI is InChI=1S/C8H10BrN/c1-7(6-9)8-4-3-5-10(8)2/h3-5H,1,6H2,2H3. The van der Waals surface area contributed by atoms with Gasteiger partial charge >= 0.3 is 0 Å². The number of hydrogen-bond acceptors (Lipinski definition) is 0. The quantitative estimate of drug-likeness (QED) is 0.646. The maximum absolute atomic E-state index is 3.91. The minimum atomic E-state index is 0.838. The maximum atomic E-state index is 3.91. The molecule has 0 amide bonds. The Kier molecular flexibility index (Phi) is 2.33. The summed E-state index contributed by atoms with van der Waals surface area (Å²) in [6, 6.07) is 4.08.